The Balaban J connectivity index is 5.12. The maximum Gasteiger partial charge on any atom is 0.339 e. The molecule has 0 aliphatic rings. The van der Waals surface area contributed by atoms with E-state index in [4.69, 9.17) is 9.78 Å². The summed E-state index contributed by atoms with van der Waals surface area (Å²) in [5.74, 6) is -1.10. The van der Waals surface area contributed by atoms with Gasteiger partial charge in [0.2, 0.25) is 5.60 Å². The Morgan fingerprint density at radius 2 is 1.58 bits per heavy atom. The maximum absolute atomic E-state index is 11.7. The van der Waals surface area contributed by atoms with Crippen LogP contribution in [0.15, 0.2) is 0 Å². The molecule has 0 radical (unpaired) electrons. The van der Waals surface area contributed by atoms with Crippen LogP contribution in [0.2, 0.25) is 0 Å². The minimum absolute atomic E-state index is 0.0420. The van der Waals surface area contributed by atoms with Crippen LogP contribution < -0.4 is 0 Å². The van der Waals surface area contributed by atoms with Gasteiger partial charge in [-0.25, -0.2) is 14.6 Å². The summed E-state index contributed by atoms with van der Waals surface area (Å²) in [6.07, 6.45) is 1.12. The molecule has 1 N–H and O–H groups in total. The van der Waals surface area contributed by atoms with Gasteiger partial charge in [0.05, 0.1) is 5.60 Å². The van der Waals surface area contributed by atoms with Crippen molar-refractivity contribution in [2.75, 3.05) is 0 Å². The van der Waals surface area contributed by atoms with Crippen LogP contribution in [0.25, 0.3) is 0 Å². The second-order valence-electron chi connectivity index (χ2n) is 7.49. The van der Waals surface area contributed by atoms with Gasteiger partial charge in [0.25, 0.3) is 0 Å². The number of carboxylic acid groups (broad SMARTS) is 1. The van der Waals surface area contributed by atoms with E-state index in [1.165, 1.54) is 0 Å². The Labute approximate surface area is 117 Å². The second kappa shape index (κ2) is 6.23. The highest BCUT2D eigenvalue weighted by molar-refractivity contribution is 5.77. The Morgan fingerprint density at radius 1 is 1.11 bits per heavy atom. The smallest absolute Gasteiger partial charge is 0.339 e. The summed E-state index contributed by atoms with van der Waals surface area (Å²) in [7, 11) is 0. The van der Waals surface area contributed by atoms with Crippen molar-refractivity contribution < 1.29 is 19.7 Å². The molecule has 0 aliphatic carbocycles. The summed E-state index contributed by atoms with van der Waals surface area (Å²) in [6.45, 7) is 15.5. The largest absolute Gasteiger partial charge is 0.479 e. The first-order valence-electron chi connectivity index (χ1n) is 6.94. The van der Waals surface area contributed by atoms with Crippen molar-refractivity contribution in [1.82, 2.24) is 0 Å². The van der Waals surface area contributed by atoms with Gasteiger partial charge in [0, 0.05) is 0 Å². The van der Waals surface area contributed by atoms with Crippen LogP contribution >= 0.6 is 0 Å². The Bertz CT molecular complexity index is 298. The van der Waals surface area contributed by atoms with E-state index in [9.17, 15) is 9.90 Å². The lowest BCUT2D eigenvalue weighted by Crippen LogP contribution is -2.49. The fraction of sp³-hybridized carbons (Fsp3) is 0.933. The van der Waals surface area contributed by atoms with Crippen molar-refractivity contribution in [2.24, 2.45) is 11.3 Å². The number of hydrogen-bond acceptors (Lipinski definition) is 3. The summed E-state index contributed by atoms with van der Waals surface area (Å²) >= 11 is 0. The number of carboxylic acids is 1. The molecule has 0 aromatic heterocycles. The van der Waals surface area contributed by atoms with E-state index >= 15 is 0 Å². The molecule has 0 heterocycles. The fourth-order valence-electron chi connectivity index (χ4n) is 2.17. The van der Waals surface area contributed by atoms with Gasteiger partial charge in [-0.15, -0.1) is 0 Å². The molecule has 0 fully saturated rings. The van der Waals surface area contributed by atoms with Crippen LogP contribution in [0, 0.1) is 11.3 Å². The van der Waals surface area contributed by atoms with Gasteiger partial charge in [0.1, 0.15) is 0 Å². The lowest BCUT2D eigenvalue weighted by molar-refractivity contribution is -0.406. The van der Waals surface area contributed by atoms with Gasteiger partial charge in [-0.2, -0.15) is 0 Å². The predicted octanol–water partition coefficient (Wildman–Crippen LogP) is 4.04. The number of carbonyl (C=O) groups is 1. The highest BCUT2D eigenvalue weighted by atomic mass is 17.2. The molecule has 0 aromatic rings. The van der Waals surface area contributed by atoms with Gasteiger partial charge in [-0.05, 0) is 44.9 Å². The molecule has 0 aromatic carbocycles. The zero-order valence-electron chi connectivity index (χ0n) is 13.7. The van der Waals surface area contributed by atoms with Gasteiger partial charge in [-0.1, -0.05) is 34.6 Å². The Morgan fingerprint density at radius 3 is 1.84 bits per heavy atom. The highest BCUT2D eigenvalue weighted by Crippen LogP contribution is 2.36. The van der Waals surface area contributed by atoms with Gasteiger partial charge in [-0.3, -0.25) is 0 Å². The minimum Gasteiger partial charge on any atom is -0.479 e. The van der Waals surface area contributed by atoms with Crippen LogP contribution in [0.1, 0.15) is 68.2 Å². The SMILES string of the molecule is CCC(OOC(C)(C)C)(C(=O)O)C(C)CC(C)(C)C. The van der Waals surface area contributed by atoms with E-state index in [2.05, 4.69) is 20.8 Å². The van der Waals surface area contributed by atoms with E-state index in [1.54, 1.807) is 0 Å². The van der Waals surface area contributed by atoms with Crippen molar-refractivity contribution in [3.8, 4) is 0 Å². The highest BCUT2D eigenvalue weighted by Gasteiger charge is 2.47. The van der Waals surface area contributed by atoms with Crippen molar-refractivity contribution in [1.29, 1.82) is 0 Å². The maximum atomic E-state index is 11.7. The van der Waals surface area contributed by atoms with Crippen molar-refractivity contribution >= 4 is 5.97 Å². The number of hydrogen-bond donors (Lipinski definition) is 1. The Hall–Kier alpha value is -0.610. The van der Waals surface area contributed by atoms with Crippen LogP contribution in [-0.4, -0.2) is 22.3 Å². The molecule has 0 spiro atoms. The van der Waals surface area contributed by atoms with Crippen molar-refractivity contribution in [3.05, 3.63) is 0 Å². The molecule has 0 saturated heterocycles. The Kier molecular flexibility index (Phi) is 6.03. The van der Waals surface area contributed by atoms with Crippen LogP contribution in [-0.2, 0) is 14.6 Å². The fourth-order valence-corrected chi connectivity index (χ4v) is 2.17. The van der Waals surface area contributed by atoms with E-state index in [0.29, 0.717) is 6.42 Å². The van der Waals surface area contributed by atoms with E-state index in [-0.39, 0.29) is 11.3 Å². The molecule has 4 nitrogen and oxygen atoms in total. The van der Waals surface area contributed by atoms with E-state index in [0.717, 1.165) is 6.42 Å². The topological polar surface area (TPSA) is 55.8 Å². The third-order valence-electron chi connectivity index (χ3n) is 3.04. The molecule has 2 unspecified atom stereocenters. The van der Waals surface area contributed by atoms with Gasteiger partial charge in [0.15, 0.2) is 0 Å². The third kappa shape index (κ3) is 5.91. The van der Waals surface area contributed by atoms with Crippen molar-refractivity contribution in [2.45, 2.75) is 79.4 Å². The normalized spacial score (nSPS) is 17.9. The van der Waals surface area contributed by atoms with Crippen LogP contribution in [0.4, 0.5) is 0 Å². The zero-order chi connectivity index (χ0) is 15.5. The average molecular weight is 274 g/mol. The molecular formula is C15H30O4. The molecule has 0 bridgehead atoms. The first-order valence-corrected chi connectivity index (χ1v) is 6.94. The quantitative estimate of drug-likeness (QED) is 0.586. The molecular weight excluding hydrogens is 244 g/mol. The lowest BCUT2D eigenvalue weighted by Gasteiger charge is -2.37. The third-order valence-corrected chi connectivity index (χ3v) is 3.04. The summed E-state index contributed by atoms with van der Waals surface area (Å²) in [5, 5.41) is 9.58. The summed E-state index contributed by atoms with van der Waals surface area (Å²) in [6, 6.07) is 0. The lowest BCUT2D eigenvalue weighted by atomic mass is 9.76. The van der Waals surface area contributed by atoms with E-state index < -0.39 is 17.2 Å². The molecule has 4 heteroatoms. The molecule has 0 saturated carbocycles. The monoisotopic (exact) mass is 274 g/mol. The summed E-state index contributed by atoms with van der Waals surface area (Å²) in [4.78, 5) is 22.4. The minimum atomic E-state index is -1.29. The first kappa shape index (κ1) is 18.4. The number of rotatable bonds is 6. The van der Waals surface area contributed by atoms with E-state index in [1.807, 2.05) is 34.6 Å². The van der Waals surface area contributed by atoms with Crippen LogP contribution in [0.5, 0.6) is 0 Å². The number of aliphatic carboxylic acids is 1. The molecule has 0 aliphatic heterocycles. The van der Waals surface area contributed by atoms with Crippen molar-refractivity contribution in [3.63, 3.8) is 0 Å². The molecule has 0 rings (SSSR count). The predicted molar refractivity (Wildman–Crippen MR) is 75.8 cm³/mol. The summed E-state index contributed by atoms with van der Waals surface area (Å²) in [5.41, 5.74) is -1.78. The summed E-state index contributed by atoms with van der Waals surface area (Å²) < 4.78 is 0. The average Bonchev–Trinajstić information content (AvgIpc) is 2.13. The molecule has 0 amide bonds. The second-order valence-corrected chi connectivity index (χ2v) is 7.49. The molecule has 114 valence electrons. The van der Waals surface area contributed by atoms with Gasteiger partial charge < -0.3 is 5.11 Å². The zero-order valence-corrected chi connectivity index (χ0v) is 13.7. The van der Waals surface area contributed by atoms with Crippen LogP contribution in [0.3, 0.4) is 0 Å². The standard InChI is InChI=1S/C15H30O4/c1-9-15(12(16)17,19-18-14(6,7)8)11(2)10-13(3,4)5/h11H,9-10H2,1-8H3,(H,16,17). The molecule has 2 atom stereocenters. The molecule has 19 heavy (non-hydrogen) atoms. The van der Waals surface area contributed by atoms with Gasteiger partial charge >= 0.3 is 5.97 Å². The first-order chi connectivity index (χ1) is 8.34.